The van der Waals surface area contributed by atoms with E-state index in [1.54, 1.807) is 0 Å². The molecule has 0 radical (unpaired) electrons. The number of nitrogens with one attached hydrogen (secondary N) is 1. The number of hydrogen-bond acceptors (Lipinski definition) is 1. The van der Waals surface area contributed by atoms with E-state index in [2.05, 4.69) is 19.2 Å². The van der Waals surface area contributed by atoms with Gasteiger partial charge in [-0.15, -0.1) is 0 Å². The largest absolute Gasteiger partial charge is 0.352 e. The number of carbonyl (C=O) groups is 1. The van der Waals surface area contributed by atoms with Gasteiger partial charge in [0.25, 0.3) is 0 Å². The Bertz CT molecular complexity index is 573. The zero-order valence-electron chi connectivity index (χ0n) is 11.3. The molecule has 102 valence electrons. The summed E-state index contributed by atoms with van der Waals surface area (Å²) >= 11 is 5.95. The van der Waals surface area contributed by atoms with Crippen LogP contribution >= 0.6 is 11.6 Å². The molecule has 4 heteroatoms. The number of hydrogen-bond donors (Lipinski definition) is 1. The van der Waals surface area contributed by atoms with Gasteiger partial charge < -0.3 is 9.88 Å². The molecule has 1 aromatic heterocycles. The summed E-state index contributed by atoms with van der Waals surface area (Å²) in [6.45, 7) is 4.52. The molecular formula is C15H19ClN2O. The van der Waals surface area contributed by atoms with Gasteiger partial charge in [0, 0.05) is 28.2 Å². The lowest BCUT2D eigenvalue weighted by atomic mass is 10.2. The van der Waals surface area contributed by atoms with E-state index in [0.29, 0.717) is 11.6 Å². The predicted octanol–water partition coefficient (Wildman–Crippen LogP) is 3.60. The second kappa shape index (κ2) is 6.11. The van der Waals surface area contributed by atoms with Crippen molar-refractivity contribution >= 4 is 28.4 Å². The summed E-state index contributed by atoms with van der Waals surface area (Å²) in [6, 6.07) is 7.95. The lowest BCUT2D eigenvalue weighted by Gasteiger charge is -2.15. The maximum absolute atomic E-state index is 12.0. The highest BCUT2D eigenvalue weighted by Gasteiger charge is 2.10. The van der Waals surface area contributed by atoms with Gasteiger partial charge in [-0.25, -0.2) is 0 Å². The number of nitrogens with zero attached hydrogens (tertiary/aromatic N) is 1. The molecule has 0 bridgehead atoms. The smallest absolute Gasteiger partial charge is 0.240 e. The molecule has 1 aromatic carbocycles. The number of benzene rings is 1. The summed E-state index contributed by atoms with van der Waals surface area (Å²) in [5, 5.41) is 4.82. The van der Waals surface area contributed by atoms with E-state index in [4.69, 9.17) is 11.6 Å². The Labute approximate surface area is 118 Å². The lowest BCUT2D eigenvalue weighted by molar-refractivity contribution is -0.122. The second-order valence-electron chi connectivity index (χ2n) is 4.73. The average molecular weight is 279 g/mol. The van der Waals surface area contributed by atoms with E-state index in [1.165, 1.54) is 0 Å². The van der Waals surface area contributed by atoms with E-state index in [-0.39, 0.29) is 11.9 Å². The van der Waals surface area contributed by atoms with Crippen LogP contribution in [0.4, 0.5) is 0 Å². The summed E-state index contributed by atoms with van der Waals surface area (Å²) in [4.78, 5) is 12.0. The van der Waals surface area contributed by atoms with Gasteiger partial charge in [0.05, 0.1) is 0 Å². The molecule has 2 aromatic rings. The van der Waals surface area contributed by atoms with E-state index in [0.717, 1.165) is 23.7 Å². The van der Waals surface area contributed by atoms with Crippen LogP contribution in [0.15, 0.2) is 30.5 Å². The summed E-state index contributed by atoms with van der Waals surface area (Å²) in [5.41, 5.74) is 1.03. The first-order valence-electron chi connectivity index (χ1n) is 6.67. The van der Waals surface area contributed by atoms with E-state index in [1.807, 2.05) is 35.0 Å². The van der Waals surface area contributed by atoms with Gasteiger partial charge in [-0.05, 0) is 37.1 Å². The SMILES string of the molecule is CCC(CC)NC(=O)Cn1ccc2cc(Cl)ccc21. The van der Waals surface area contributed by atoms with Crippen molar-refractivity contribution in [3.05, 3.63) is 35.5 Å². The molecule has 0 saturated carbocycles. The van der Waals surface area contributed by atoms with Gasteiger partial charge in [0.2, 0.25) is 5.91 Å². The molecule has 19 heavy (non-hydrogen) atoms. The lowest BCUT2D eigenvalue weighted by Crippen LogP contribution is -2.36. The maximum atomic E-state index is 12.0. The molecule has 0 unspecified atom stereocenters. The van der Waals surface area contributed by atoms with Crippen molar-refractivity contribution in [3.63, 3.8) is 0 Å². The molecule has 0 fully saturated rings. The maximum Gasteiger partial charge on any atom is 0.240 e. The fourth-order valence-electron chi connectivity index (χ4n) is 2.23. The molecule has 0 aliphatic carbocycles. The first-order valence-corrected chi connectivity index (χ1v) is 7.05. The van der Waals surface area contributed by atoms with Crippen LogP contribution in [0.2, 0.25) is 5.02 Å². The molecule has 0 atom stereocenters. The molecule has 3 nitrogen and oxygen atoms in total. The van der Waals surface area contributed by atoms with Crippen molar-refractivity contribution in [2.75, 3.05) is 0 Å². The Kier molecular flexibility index (Phi) is 4.48. The fraction of sp³-hybridized carbons (Fsp3) is 0.400. The van der Waals surface area contributed by atoms with Gasteiger partial charge in [0.1, 0.15) is 6.54 Å². The van der Waals surface area contributed by atoms with Crippen molar-refractivity contribution in [1.29, 1.82) is 0 Å². The van der Waals surface area contributed by atoms with Crippen molar-refractivity contribution in [2.24, 2.45) is 0 Å². The van der Waals surface area contributed by atoms with Crippen molar-refractivity contribution in [2.45, 2.75) is 39.3 Å². The van der Waals surface area contributed by atoms with Gasteiger partial charge in [0.15, 0.2) is 0 Å². The standard InChI is InChI=1S/C15H19ClN2O/c1-3-13(4-2)17-15(19)10-18-8-7-11-9-12(16)5-6-14(11)18/h5-9,13H,3-4,10H2,1-2H3,(H,17,19). The highest BCUT2D eigenvalue weighted by Crippen LogP contribution is 2.20. The van der Waals surface area contributed by atoms with Crippen molar-refractivity contribution in [3.8, 4) is 0 Å². The van der Waals surface area contributed by atoms with Crippen LogP contribution in [0.25, 0.3) is 10.9 Å². The number of carbonyl (C=O) groups excluding carboxylic acids is 1. The summed E-state index contributed by atoms with van der Waals surface area (Å²) in [6.07, 6.45) is 3.85. The average Bonchev–Trinajstić information content (AvgIpc) is 2.78. The minimum atomic E-state index is 0.0566. The third-order valence-electron chi connectivity index (χ3n) is 3.40. The Morgan fingerprint density at radius 2 is 2.05 bits per heavy atom. The zero-order chi connectivity index (χ0) is 13.8. The van der Waals surface area contributed by atoms with Gasteiger partial charge >= 0.3 is 0 Å². The normalized spacial score (nSPS) is 11.2. The third kappa shape index (κ3) is 3.29. The molecule has 0 spiro atoms. The van der Waals surface area contributed by atoms with Crippen LogP contribution in [0.5, 0.6) is 0 Å². The Balaban J connectivity index is 2.11. The number of aromatic nitrogens is 1. The monoisotopic (exact) mass is 278 g/mol. The molecular weight excluding hydrogens is 260 g/mol. The van der Waals surface area contributed by atoms with E-state index >= 15 is 0 Å². The summed E-state index contributed by atoms with van der Waals surface area (Å²) in [7, 11) is 0. The van der Waals surface area contributed by atoms with Crippen LogP contribution < -0.4 is 5.32 Å². The van der Waals surface area contributed by atoms with Crippen molar-refractivity contribution in [1.82, 2.24) is 9.88 Å². The quantitative estimate of drug-likeness (QED) is 0.891. The summed E-state index contributed by atoms with van der Waals surface area (Å²) < 4.78 is 1.95. The number of amides is 1. The first kappa shape index (κ1) is 13.9. The molecule has 1 amide bonds. The predicted molar refractivity (Wildman–Crippen MR) is 79.5 cm³/mol. The Morgan fingerprint density at radius 3 is 2.74 bits per heavy atom. The highest BCUT2D eigenvalue weighted by molar-refractivity contribution is 6.31. The molecule has 0 aliphatic rings. The van der Waals surface area contributed by atoms with Gasteiger partial charge in [-0.2, -0.15) is 0 Å². The minimum absolute atomic E-state index is 0.0566. The topological polar surface area (TPSA) is 34.0 Å². The summed E-state index contributed by atoms with van der Waals surface area (Å²) in [5.74, 6) is 0.0566. The highest BCUT2D eigenvalue weighted by atomic mass is 35.5. The third-order valence-corrected chi connectivity index (χ3v) is 3.63. The molecule has 1 heterocycles. The van der Waals surface area contributed by atoms with Crippen LogP contribution in [-0.4, -0.2) is 16.5 Å². The van der Waals surface area contributed by atoms with Crippen LogP contribution in [0.1, 0.15) is 26.7 Å². The van der Waals surface area contributed by atoms with E-state index < -0.39 is 0 Å². The number of halogens is 1. The van der Waals surface area contributed by atoms with Crippen LogP contribution in [0, 0.1) is 0 Å². The second-order valence-corrected chi connectivity index (χ2v) is 5.16. The Morgan fingerprint density at radius 1 is 1.32 bits per heavy atom. The van der Waals surface area contributed by atoms with Gasteiger partial charge in [-0.1, -0.05) is 25.4 Å². The van der Waals surface area contributed by atoms with E-state index in [9.17, 15) is 4.79 Å². The first-order chi connectivity index (χ1) is 9.13. The number of fused-ring (bicyclic) bond motifs is 1. The molecule has 1 N–H and O–H groups in total. The number of rotatable bonds is 5. The molecule has 2 rings (SSSR count). The molecule has 0 aliphatic heterocycles. The van der Waals surface area contributed by atoms with Gasteiger partial charge in [-0.3, -0.25) is 4.79 Å². The van der Waals surface area contributed by atoms with Crippen molar-refractivity contribution < 1.29 is 4.79 Å². The Hall–Kier alpha value is -1.48. The van der Waals surface area contributed by atoms with Crippen LogP contribution in [0.3, 0.4) is 0 Å². The fourth-order valence-corrected chi connectivity index (χ4v) is 2.41. The minimum Gasteiger partial charge on any atom is -0.352 e. The van der Waals surface area contributed by atoms with Crippen LogP contribution in [-0.2, 0) is 11.3 Å². The zero-order valence-corrected chi connectivity index (χ0v) is 12.1. The molecule has 0 saturated heterocycles.